The van der Waals surface area contributed by atoms with Crippen LogP contribution in [0.3, 0.4) is 0 Å². The van der Waals surface area contributed by atoms with Crippen molar-refractivity contribution in [2.45, 2.75) is 13.8 Å². The van der Waals surface area contributed by atoms with E-state index in [0.29, 0.717) is 0 Å². The van der Waals surface area contributed by atoms with E-state index in [1.54, 1.807) is 6.26 Å². The summed E-state index contributed by atoms with van der Waals surface area (Å²) in [7, 11) is 0. The molecule has 3 rings (SSSR count). The van der Waals surface area contributed by atoms with E-state index in [0.717, 1.165) is 17.0 Å². The van der Waals surface area contributed by atoms with E-state index in [9.17, 15) is 0 Å². The maximum absolute atomic E-state index is 5.37. The first-order valence-electron chi connectivity index (χ1n) is 5.66. The largest absolute Gasteiger partial charge is 0.463 e. The fourth-order valence-electron chi connectivity index (χ4n) is 2.16. The third kappa shape index (κ3) is 1.72. The van der Waals surface area contributed by atoms with Crippen molar-refractivity contribution in [1.82, 2.24) is 4.98 Å². The van der Waals surface area contributed by atoms with Gasteiger partial charge in [-0.25, -0.2) is 4.98 Å². The normalized spacial score (nSPS) is 10.9. The zero-order valence-electron chi connectivity index (χ0n) is 9.90. The van der Waals surface area contributed by atoms with E-state index in [1.807, 2.05) is 18.2 Å². The van der Waals surface area contributed by atoms with Crippen LogP contribution in [-0.4, -0.2) is 4.98 Å². The fraction of sp³-hybridized carbons (Fsp3) is 0.133. The number of nitrogens with zero attached hydrogens (tertiary/aromatic N) is 1. The van der Waals surface area contributed by atoms with Crippen LogP contribution in [0.1, 0.15) is 11.1 Å². The molecule has 0 atom stereocenters. The minimum atomic E-state index is 0.811. The molecule has 0 radical (unpaired) electrons. The molecule has 0 unspecified atom stereocenters. The molecular weight excluding hydrogens is 210 g/mol. The molecule has 0 aliphatic heterocycles. The van der Waals surface area contributed by atoms with Gasteiger partial charge in [0.2, 0.25) is 0 Å². The van der Waals surface area contributed by atoms with E-state index in [2.05, 4.69) is 37.0 Å². The number of rotatable bonds is 1. The van der Waals surface area contributed by atoms with E-state index < -0.39 is 0 Å². The van der Waals surface area contributed by atoms with Crippen molar-refractivity contribution in [3.05, 3.63) is 53.8 Å². The Kier molecular flexibility index (Phi) is 2.22. The lowest BCUT2D eigenvalue weighted by Gasteiger charge is -2.05. The van der Waals surface area contributed by atoms with Crippen LogP contribution >= 0.6 is 0 Å². The average Bonchev–Trinajstić information content (AvgIpc) is 2.81. The Hall–Kier alpha value is -2.09. The van der Waals surface area contributed by atoms with Gasteiger partial charge in [-0.05, 0) is 49.2 Å². The third-order valence-corrected chi connectivity index (χ3v) is 2.93. The van der Waals surface area contributed by atoms with Crippen molar-refractivity contribution >= 4 is 10.9 Å². The van der Waals surface area contributed by atoms with Gasteiger partial charge < -0.3 is 4.42 Å². The molecule has 0 fully saturated rings. The summed E-state index contributed by atoms with van der Waals surface area (Å²) >= 11 is 0. The molecule has 2 heterocycles. The SMILES string of the molecule is Cc1cc(C)c2ccc(-c3ccco3)nc2c1. The van der Waals surface area contributed by atoms with Crippen LogP contribution in [0.2, 0.25) is 0 Å². The predicted octanol–water partition coefficient (Wildman–Crippen LogP) is 4.11. The van der Waals surface area contributed by atoms with Crippen LogP contribution in [0, 0.1) is 13.8 Å². The second-order valence-corrected chi connectivity index (χ2v) is 4.32. The molecule has 17 heavy (non-hydrogen) atoms. The molecule has 0 N–H and O–H groups in total. The van der Waals surface area contributed by atoms with Crippen LogP contribution < -0.4 is 0 Å². The molecule has 3 aromatic rings. The quantitative estimate of drug-likeness (QED) is 0.620. The molecule has 1 aromatic carbocycles. The van der Waals surface area contributed by atoms with E-state index in [-0.39, 0.29) is 0 Å². The van der Waals surface area contributed by atoms with Crippen molar-refractivity contribution in [1.29, 1.82) is 0 Å². The van der Waals surface area contributed by atoms with Crippen molar-refractivity contribution in [2.24, 2.45) is 0 Å². The van der Waals surface area contributed by atoms with Crippen molar-refractivity contribution in [3.63, 3.8) is 0 Å². The van der Waals surface area contributed by atoms with E-state index in [1.165, 1.54) is 16.5 Å². The fourth-order valence-corrected chi connectivity index (χ4v) is 2.16. The minimum Gasteiger partial charge on any atom is -0.463 e. The number of pyridine rings is 1. The topological polar surface area (TPSA) is 26.0 Å². The number of hydrogen-bond acceptors (Lipinski definition) is 2. The monoisotopic (exact) mass is 223 g/mol. The van der Waals surface area contributed by atoms with Gasteiger partial charge in [-0.3, -0.25) is 0 Å². The summed E-state index contributed by atoms with van der Waals surface area (Å²) in [4.78, 5) is 4.65. The van der Waals surface area contributed by atoms with Crippen LogP contribution in [0.15, 0.2) is 47.1 Å². The molecule has 0 bridgehead atoms. The molecule has 0 aliphatic carbocycles. The number of benzene rings is 1. The first-order chi connectivity index (χ1) is 8.24. The summed E-state index contributed by atoms with van der Waals surface area (Å²) in [5.41, 5.74) is 4.40. The maximum Gasteiger partial charge on any atom is 0.152 e. The first-order valence-corrected chi connectivity index (χ1v) is 5.66. The molecule has 0 amide bonds. The van der Waals surface area contributed by atoms with Crippen LogP contribution in [0.4, 0.5) is 0 Å². The predicted molar refractivity (Wildman–Crippen MR) is 68.9 cm³/mol. The summed E-state index contributed by atoms with van der Waals surface area (Å²) in [5, 5.41) is 1.20. The van der Waals surface area contributed by atoms with Crippen molar-refractivity contribution in [3.8, 4) is 11.5 Å². The Balaban J connectivity index is 2.26. The van der Waals surface area contributed by atoms with Crippen molar-refractivity contribution in [2.75, 3.05) is 0 Å². The second kappa shape index (κ2) is 3.74. The lowest BCUT2D eigenvalue weighted by Crippen LogP contribution is -1.87. The number of aromatic nitrogens is 1. The van der Waals surface area contributed by atoms with Gasteiger partial charge in [0.25, 0.3) is 0 Å². The molecule has 2 nitrogen and oxygen atoms in total. The van der Waals surface area contributed by atoms with Gasteiger partial charge in [0.1, 0.15) is 5.69 Å². The lowest BCUT2D eigenvalue weighted by molar-refractivity contribution is 0.580. The molecule has 2 aromatic heterocycles. The van der Waals surface area contributed by atoms with Crippen molar-refractivity contribution < 1.29 is 4.42 Å². The Morgan fingerprint density at radius 3 is 2.71 bits per heavy atom. The van der Waals surface area contributed by atoms with Gasteiger partial charge in [0.15, 0.2) is 5.76 Å². The number of aryl methyl sites for hydroxylation is 2. The number of fused-ring (bicyclic) bond motifs is 1. The van der Waals surface area contributed by atoms with E-state index in [4.69, 9.17) is 4.42 Å². The molecule has 0 aliphatic rings. The van der Waals surface area contributed by atoms with Gasteiger partial charge in [0.05, 0.1) is 11.8 Å². The lowest BCUT2D eigenvalue weighted by atomic mass is 10.1. The average molecular weight is 223 g/mol. The van der Waals surface area contributed by atoms with Gasteiger partial charge in [-0.1, -0.05) is 12.1 Å². The Morgan fingerprint density at radius 2 is 1.94 bits per heavy atom. The molecule has 0 saturated carbocycles. The summed E-state index contributed by atoms with van der Waals surface area (Å²) < 4.78 is 5.37. The summed E-state index contributed by atoms with van der Waals surface area (Å²) in [6.45, 7) is 4.21. The Bertz CT molecular complexity index is 669. The molecule has 0 saturated heterocycles. The number of furan rings is 1. The minimum absolute atomic E-state index is 0.811. The second-order valence-electron chi connectivity index (χ2n) is 4.32. The maximum atomic E-state index is 5.37. The van der Waals surface area contributed by atoms with Crippen LogP contribution in [0.25, 0.3) is 22.4 Å². The highest BCUT2D eigenvalue weighted by atomic mass is 16.3. The van der Waals surface area contributed by atoms with Gasteiger partial charge in [0, 0.05) is 5.39 Å². The summed E-state index contributed by atoms with van der Waals surface area (Å²) in [5.74, 6) is 0.811. The molecule has 2 heteroatoms. The zero-order valence-corrected chi connectivity index (χ0v) is 9.90. The van der Waals surface area contributed by atoms with Crippen LogP contribution in [0.5, 0.6) is 0 Å². The molecular formula is C15H13NO. The Labute approximate surface area is 99.9 Å². The smallest absolute Gasteiger partial charge is 0.152 e. The highest BCUT2D eigenvalue weighted by molar-refractivity contribution is 5.84. The molecule has 84 valence electrons. The van der Waals surface area contributed by atoms with E-state index >= 15 is 0 Å². The summed E-state index contributed by atoms with van der Waals surface area (Å²) in [6, 6.07) is 12.2. The highest BCUT2D eigenvalue weighted by Crippen LogP contribution is 2.24. The van der Waals surface area contributed by atoms with Gasteiger partial charge in [-0.15, -0.1) is 0 Å². The summed E-state index contributed by atoms with van der Waals surface area (Å²) in [6.07, 6.45) is 1.67. The standard InChI is InChI=1S/C15H13NO/c1-10-8-11(2)12-5-6-13(16-14(12)9-10)15-4-3-7-17-15/h3-9H,1-2H3. The van der Waals surface area contributed by atoms with Crippen LogP contribution in [-0.2, 0) is 0 Å². The van der Waals surface area contributed by atoms with Gasteiger partial charge >= 0.3 is 0 Å². The highest BCUT2D eigenvalue weighted by Gasteiger charge is 2.05. The first kappa shape index (κ1) is 10.1. The zero-order chi connectivity index (χ0) is 11.8. The van der Waals surface area contributed by atoms with Gasteiger partial charge in [-0.2, -0.15) is 0 Å². The number of hydrogen-bond donors (Lipinski definition) is 0. The Morgan fingerprint density at radius 1 is 1.06 bits per heavy atom. The third-order valence-electron chi connectivity index (χ3n) is 2.93. The molecule has 0 spiro atoms.